The molecule has 0 bridgehead atoms. The Balaban J connectivity index is 1.33. The molecule has 3 aromatic rings. The Bertz CT molecular complexity index is 1120. The van der Waals surface area contributed by atoms with Gasteiger partial charge in [-0.1, -0.05) is 11.6 Å². The Hall–Kier alpha value is -3.51. The van der Waals surface area contributed by atoms with Gasteiger partial charge in [-0.25, -0.2) is 0 Å². The monoisotopic (exact) mass is 463 g/mol. The van der Waals surface area contributed by atoms with Gasteiger partial charge >= 0.3 is 0 Å². The molecule has 33 heavy (non-hydrogen) atoms. The van der Waals surface area contributed by atoms with Crippen molar-refractivity contribution in [2.45, 2.75) is 19.4 Å². The summed E-state index contributed by atoms with van der Waals surface area (Å²) in [6.07, 6.45) is 0.951. The quantitative estimate of drug-likeness (QED) is 0.528. The number of nitrogens with one attached hydrogen (secondary N) is 1. The molecule has 1 N–H and O–H groups in total. The lowest BCUT2D eigenvalue weighted by Crippen LogP contribution is -2.37. The molecule has 0 aromatic heterocycles. The minimum Gasteiger partial charge on any atom is -0.457 e. The second kappa shape index (κ2) is 9.96. The number of benzene rings is 3. The first-order valence-corrected chi connectivity index (χ1v) is 11.2. The van der Waals surface area contributed by atoms with Crippen LogP contribution in [-0.4, -0.2) is 42.9 Å². The van der Waals surface area contributed by atoms with Gasteiger partial charge in [0.15, 0.2) is 0 Å². The molecular formula is C26H26ClN3O3. The van der Waals surface area contributed by atoms with Gasteiger partial charge in [-0.3, -0.25) is 9.59 Å². The first-order chi connectivity index (χ1) is 15.9. The Labute approximate surface area is 198 Å². The van der Waals surface area contributed by atoms with Crippen LogP contribution in [0.15, 0.2) is 72.8 Å². The first-order valence-electron chi connectivity index (χ1n) is 10.8. The van der Waals surface area contributed by atoms with E-state index in [-0.39, 0.29) is 17.9 Å². The van der Waals surface area contributed by atoms with Gasteiger partial charge in [0, 0.05) is 49.0 Å². The third-order valence-corrected chi connectivity index (χ3v) is 6.12. The Kier molecular flexibility index (Phi) is 6.84. The highest BCUT2D eigenvalue weighted by Crippen LogP contribution is 2.26. The number of carbonyl (C=O) groups is 2. The minimum atomic E-state index is -0.190. The molecule has 0 radical (unpaired) electrons. The molecule has 7 heteroatoms. The normalized spacial score (nSPS) is 15.2. The second-order valence-electron chi connectivity index (χ2n) is 8.10. The largest absolute Gasteiger partial charge is 0.457 e. The van der Waals surface area contributed by atoms with E-state index in [9.17, 15) is 9.59 Å². The predicted molar refractivity (Wildman–Crippen MR) is 131 cm³/mol. The van der Waals surface area contributed by atoms with Crippen molar-refractivity contribution in [2.75, 3.05) is 30.4 Å². The van der Waals surface area contributed by atoms with E-state index < -0.39 is 0 Å². The molecule has 1 atom stereocenters. The molecule has 1 heterocycles. The zero-order valence-electron chi connectivity index (χ0n) is 18.6. The number of nitrogens with zero attached hydrogens (tertiary/aromatic N) is 2. The van der Waals surface area contributed by atoms with Gasteiger partial charge in [-0.2, -0.15) is 0 Å². The fourth-order valence-electron chi connectivity index (χ4n) is 3.82. The fraction of sp³-hybridized carbons (Fsp3) is 0.231. The molecule has 170 valence electrons. The van der Waals surface area contributed by atoms with Gasteiger partial charge in [0.25, 0.3) is 5.91 Å². The molecule has 4 rings (SSSR count). The van der Waals surface area contributed by atoms with Crippen LogP contribution in [0.25, 0.3) is 0 Å². The summed E-state index contributed by atoms with van der Waals surface area (Å²) < 4.78 is 5.77. The summed E-state index contributed by atoms with van der Waals surface area (Å²) in [6, 6.07) is 22.1. The van der Waals surface area contributed by atoms with Crippen LogP contribution in [0.4, 0.5) is 11.4 Å². The Morgan fingerprint density at radius 2 is 1.58 bits per heavy atom. The van der Waals surface area contributed by atoms with Gasteiger partial charge in [-0.05, 0) is 79.2 Å². The van der Waals surface area contributed by atoms with Crippen molar-refractivity contribution in [1.82, 2.24) is 4.90 Å². The number of anilines is 2. The van der Waals surface area contributed by atoms with Crippen LogP contribution >= 0.6 is 11.6 Å². The van der Waals surface area contributed by atoms with Crippen molar-refractivity contribution < 1.29 is 14.3 Å². The predicted octanol–water partition coefficient (Wildman–Crippen LogP) is 5.44. The van der Waals surface area contributed by atoms with E-state index in [4.69, 9.17) is 16.3 Å². The minimum absolute atomic E-state index is 0.0875. The molecular weight excluding hydrogens is 438 g/mol. The number of hydrogen-bond acceptors (Lipinski definition) is 4. The zero-order chi connectivity index (χ0) is 23.4. The highest BCUT2D eigenvalue weighted by atomic mass is 35.5. The first kappa shape index (κ1) is 22.7. The van der Waals surface area contributed by atoms with Crippen molar-refractivity contribution in [2.24, 2.45) is 0 Å². The summed E-state index contributed by atoms with van der Waals surface area (Å²) >= 11 is 5.89. The van der Waals surface area contributed by atoms with E-state index in [1.54, 1.807) is 60.4 Å². The third-order valence-electron chi connectivity index (χ3n) is 5.86. The van der Waals surface area contributed by atoms with Crippen LogP contribution in [0.2, 0.25) is 5.02 Å². The van der Waals surface area contributed by atoms with Crippen molar-refractivity contribution in [3.8, 4) is 11.5 Å². The van der Waals surface area contributed by atoms with Crippen LogP contribution in [0.1, 0.15) is 23.7 Å². The van der Waals surface area contributed by atoms with E-state index in [1.165, 1.54) is 0 Å². The molecule has 1 unspecified atom stereocenters. The van der Waals surface area contributed by atoms with Crippen molar-refractivity contribution in [3.63, 3.8) is 0 Å². The number of carbonyl (C=O) groups excluding carboxylic acids is 2. The van der Waals surface area contributed by atoms with Gasteiger partial charge < -0.3 is 19.9 Å². The molecule has 0 spiro atoms. The fourth-order valence-corrected chi connectivity index (χ4v) is 3.95. The zero-order valence-corrected chi connectivity index (χ0v) is 19.4. The maximum absolute atomic E-state index is 12.6. The molecule has 1 aliphatic rings. The van der Waals surface area contributed by atoms with Gasteiger partial charge in [0.2, 0.25) is 5.91 Å². The molecule has 1 saturated heterocycles. The molecule has 2 amide bonds. The van der Waals surface area contributed by atoms with Crippen molar-refractivity contribution in [3.05, 3.63) is 83.4 Å². The summed E-state index contributed by atoms with van der Waals surface area (Å²) in [5.41, 5.74) is 2.34. The van der Waals surface area contributed by atoms with Crippen LogP contribution in [0, 0.1) is 0 Å². The SMILES string of the molecule is CC(=O)N(C)C1CCN(c2ccc(NC(=O)c3ccc(Oc4ccc(Cl)cc4)cc3)cc2)C1. The van der Waals surface area contributed by atoms with Crippen LogP contribution in [-0.2, 0) is 4.79 Å². The lowest BCUT2D eigenvalue weighted by Gasteiger charge is -2.24. The molecule has 3 aromatic carbocycles. The summed E-state index contributed by atoms with van der Waals surface area (Å²) in [6.45, 7) is 3.31. The van der Waals surface area contributed by atoms with Crippen molar-refractivity contribution in [1.29, 1.82) is 0 Å². The number of halogens is 1. The number of ether oxygens (including phenoxy) is 1. The van der Waals surface area contributed by atoms with E-state index >= 15 is 0 Å². The van der Waals surface area contributed by atoms with E-state index in [2.05, 4.69) is 10.2 Å². The molecule has 0 aliphatic carbocycles. The lowest BCUT2D eigenvalue weighted by molar-refractivity contribution is -0.129. The van der Waals surface area contributed by atoms with Crippen LogP contribution < -0.4 is 15.0 Å². The number of rotatable bonds is 6. The maximum atomic E-state index is 12.6. The molecule has 6 nitrogen and oxygen atoms in total. The number of amides is 2. The molecule has 1 aliphatic heterocycles. The average Bonchev–Trinajstić information content (AvgIpc) is 3.31. The van der Waals surface area contributed by atoms with Crippen molar-refractivity contribution >= 4 is 34.8 Å². The maximum Gasteiger partial charge on any atom is 0.255 e. The Morgan fingerprint density at radius 3 is 2.18 bits per heavy atom. The van der Waals surface area contributed by atoms with E-state index in [0.717, 1.165) is 30.9 Å². The smallest absolute Gasteiger partial charge is 0.255 e. The summed E-state index contributed by atoms with van der Waals surface area (Å²) in [5.74, 6) is 1.21. The summed E-state index contributed by atoms with van der Waals surface area (Å²) in [4.78, 5) is 28.3. The van der Waals surface area contributed by atoms with Crippen LogP contribution in [0.5, 0.6) is 11.5 Å². The number of hydrogen-bond donors (Lipinski definition) is 1. The van der Waals surface area contributed by atoms with Gasteiger partial charge in [0.05, 0.1) is 6.04 Å². The highest BCUT2D eigenvalue weighted by Gasteiger charge is 2.27. The molecule has 0 saturated carbocycles. The second-order valence-corrected chi connectivity index (χ2v) is 8.54. The van der Waals surface area contributed by atoms with E-state index in [1.807, 2.05) is 31.3 Å². The Morgan fingerprint density at radius 1 is 0.970 bits per heavy atom. The lowest BCUT2D eigenvalue weighted by atomic mass is 10.2. The third kappa shape index (κ3) is 5.65. The molecule has 1 fully saturated rings. The van der Waals surface area contributed by atoms with Gasteiger partial charge in [-0.15, -0.1) is 0 Å². The highest BCUT2D eigenvalue weighted by molar-refractivity contribution is 6.30. The average molecular weight is 464 g/mol. The summed E-state index contributed by atoms with van der Waals surface area (Å²) in [7, 11) is 1.85. The topological polar surface area (TPSA) is 61.9 Å². The standard InChI is InChI=1S/C26H26ClN3O3/c1-18(31)29(2)23-15-16-30(17-23)22-9-7-21(8-10-22)28-26(32)19-3-11-24(12-4-19)33-25-13-5-20(27)6-14-25/h3-14,23H,15-17H2,1-2H3,(H,28,32). The van der Waals surface area contributed by atoms with Crippen LogP contribution in [0.3, 0.4) is 0 Å². The summed E-state index contributed by atoms with van der Waals surface area (Å²) in [5, 5.41) is 3.57. The van der Waals surface area contributed by atoms with E-state index in [0.29, 0.717) is 22.1 Å². The van der Waals surface area contributed by atoms with Gasteiger partial charge in [0.1, 0.15) is 11.5 Å². The number of likely N-dealkylation sites (N-methyl/N-ethyl adjacent to an activating group) is 1.